The Morgan fingerprint density at radius 1 is 0.714 bits per heavy atom. The van der Waals surface area contributed by atoms with Crippen LogP contribution in [-0.2, 0) is 14.3 Å². The topological polar surface area (TPSA) is 157 Å². The van der Waals surface area contributed by atoms with Gasteiger partial charge in [0.05, 0.1) is 19.6 Å². The van der Waals surface area contributed by atoms with Crippen molar-refractivity contribution in [2.75, 3.05) is 37.2 Å². The van der Waals surface area contributed by atoms with E-state index in [1.807, 2.05) is 62.4 Å². The molecule has 4 rings (SSSR count). The van der Waals surface area contributed by atoms with E-state index in [2.05, 4.69) is 62.3 Å². The van der Waals surface area contributed by atoms with Crippen LogP contribution < -0.4 is 27.7 Å². The van der Waals surface area contributed by atoms with Crippen molar-refractivity contribution >= 4 is 35.0 Å². The summed E-state index contributed by atoms with van der Waals surface area (Å²) < 4.78 is 10.3. The van der Waals surface area contributed by atoms with Crippen LogP contribution in [0.2, 0.25) is 0 Å². The molecule has 0 spiro atoms. The number of esters is 1. The van der Waals surface area contributed by atoms with Gasteiger partial charge in [0.1, 0.15) is 12.0 Å². The normalized spacial score (nSPS) is 19.8. The van der Waals surface area contributed by atoms with Gasteiger partial charge in [0.15, 0.2) is 0 Å². The van der Waals surface area contributed by atoms with E-state index in [1.165, 1.54) is 7.11 Å². The molecule has 272 valence electrons. The summed E-state index contributed by atoms with van der Waals surface area (Å²) in [5, 5.41) is 0. The number of hydrogen-bond acceptors (Lipinski definition) is 8. The number of benzene rings is 3. The van der Waals surface area contributed by atoms with Gasteiger partial charge in [-0.1, -0.05) is 80.5 Å². The molecule has 3 aromatic carbocycles. The quantitative estimate of drug-likeness (QED) is 0.118. The zero-order valence-electron chi connectivity index (χ0n) is 32.4. The Hall–Kier alpha value is -4.20. The van der Waals surface area contributed by atoms with E-state index < -0.39 is 5.41 Å². The maximum Gasteiger partial charge on any atom is 0.312 e. The Kier molecular flexibility index (Phi) is 14.4. The third-order valence-corrected chi connectivity index (χ3v) is 11.1. The van der Waals surface area contributed by atoms with E-state index in [0.717, 1.165) is 53.2 Å². The zero-order valence-corrected chi connectivity index (χ0v) is 32.4. The summed E-state index contributed by atoms with van der Waals surface area (Å²) in [6.45, 7) is 23.3. The van der Waals surface area contributed by atoms with E-state index in [4.69, 9.17) is 32.4 Å². The molecule has 0 saturated heterocycles. The number of nitrogen functional groups attached to an aromatic ring is 4. The molecule has 0 radical (unpaired) electrons. The number of nitrogens with two attached hydrogens (primary N) is 4. The summed E-state index contributed by atoms with van der Waals surface area (Å²) in [5.41, 5.74) is 24.1. The molecular weight excluding hydrogens is 612 g/mol. The van der Waals surface area contributed by atoms with Gasteiger partial charge in [-0.05, 0) is 109 Å². The number of rotatable bonds is 5. The highest BCUT2D eigenvalue weighted by molar-refractivity contribution is 5.79. The Morgan fingerprint density at radius 3 is 1.45 bits per heavy atom. The first-order valence-electron chi connectivity index (χ1n) is 16.7. The lowest BCUT2D eigenvalue weighted by Gasteiger charge is -2.68. The molecule has 1 atom stereocenters. The van der Waals surface area contributed by atoms with Gasteiger partial charge in [0.2, 0.25) is 0 Å². The third-order valence-electron chi connectivity index (χ3n) is 11.1. The Balaban J connectivity index is 0.000000387. The summed E-state index contributed by atoms with van der Waals surface area (Å²) in [7, 11) is 3.12. The number of methoxy groups -OCH3 is 2. The first kappa shape index (κ1) is 42.8. The lowest BCUT2D eigenvalue weighted by atomic mass is 9.35. The fraction of sp³-hybridized carbons (Fsp3) is 0.512. The van der Waals surface area contributed by atoms with Crippen molar-refractivity contribution in [1.29, 1.82) is 0 Å². The second-order valence-electron chi connectivity index (χ2n) is 16.2. The molecule has 0 aliphatic heterocycles. The SMILES string of the molecule is COC(=O)C(C)(C(C)(C)C)C(C)(C)C1(C)CC(C=O)(C(C)(C)C)C1.COc1ccc(N)cc1C.Nc1ccc(N)cc1.Nc1ccccc1. The first-order chi connectivity index (χ1) is 22.4. The molecular formula is C41H64N4O4. The van der Waals surface area contributed by atoms with Crippen LogP contribution in [0, 0.1) is 39.4 Å². The van der Waals surface area contributed by atoms with Crippen molar-refractivity contribution in [2.24, 2.45) is 32.5 Å². The molecule has 1 fully saturated rings. The van der Waals surface area contributed by atoms with E-state index >= 15 is 0 Å². The Bertz CT molecular complexity index is 1460. The van der Waals surface area contributed by atoms with Crippen molar-refractivity contribution in [3.63, 3.8) is 0 Å². The average Bonchev–Trinajstić information content (AvgIpc) is 3.00. The molecule has 1 unspecified atom stereocenters. The number of ether oxygens (including phenoxy) is 2. The van der Waals surface area contributed by atoms with E-state index in [9.17, 15) is 9.59 Å². The largest absolute Gasteiger partial charge is 0.496 e. The molecule has 8 heteroatoms. The van der Waals surface area contributed by atoms with Crippen LogP contribution in [0.25, 0.3) is 0 Å². The molecule has 1 aliphatic carbocycles. The second-order valence-corrected chi connectivity index (χ2v) is 16.2. The predicted molar refractivity (Wildman–Crippen MR) is 207 cm³/mol. The molecule has 0 aromatic heterocycles. The van der Waals surface area contributed by atoms with Gasteiger partial charge in [-0.25, -0.2) is 0 Å². The van der Waals surface area contributed by atoms with Gasteiger partial charge >= 0.3 is 5.97 Å². The Labute approximate surface area is 296 Å². The van der Waals surface area contributed by atoms with Crippen LogP contribution in [0.4, 0.5) is 22.7 Å². The van der Waals surface area contributed by atoms with Crippen LogP contribution in [0.1, 0.15) is 87.6 Å². The summed E-state index contributed by atoms with van der Waals surface area (Å²) in [6, 6.07) is 22.2. The van der Waals surface area contributed by atoms with Gasteiger partial charge in [0, 0.05) is 28.2 Å². The minimum atomic E-state index is -0.656. The summed E-state index contributed by atoms with van der Waals surface area (Å²) in [5.74, 6) is 0.717. The van der Waals surface area contributed by atoms with Gasteiger partial charge in [-0.15, -0.1) is 0 Å². The molecule has 1 saturated carbocycles. The van der Waals surface area contributed by atoms with Crippen molar-refractivity contribution in [1.82, 2.24) is 0 Å². The minimum Gasteiger partial charge on any atom is -0.496 e. The molecule has 8 N–H and O–H groups in total. The van der Waals surface area contributed by atoms with Crippen molar-refractivity contribution in [3.8, 4) is 5.75 Å². The van der Waals surface area contributed by atoms with Gasteiger partial charge in [-0.3, -0.25) is 4.79 Å². The molecule has 0 heterocycles. The molecule has 49 heavy (non-hydrogen) atoms. The standard InChI is InChI=1S/C21H38O3.C8H11NO.C6H8N2.C6H7N/c1-16(2,3)20(10,15(23)24-11)18(7,8)19(9)12-21(13-19,14-22)17(4,5)6;1-6-5-7(9)3-4-8(6)10-2;7-5-1-2-6(8)4-3-5;7-6-4-2-1-3-5-6/h14H,12-13H2,1-11H3;3-5H,9H2,1-2H3;1-4H,7-8H2;1-5H,7H2. The highest BCUT2D eigenvalue weighted by Gasteiger charge is 2.69. The molecule has 8 nitrogen and oxygen atoms in total. The van der Waals surface area contributed by atoms with E-state index in [0.29, 0.717) is 0 Å². The van der Waals surface area contributed by atoms with Crippen LogP contribution in [0.3, 0.4) is 0 Å². The van der Waals surface area contributed by atoms with Crippen molar-refractivity contribution < 1.29 is 19.1 Å². The summed E-state index contributed by atoms with van der Waals surface area (Å²) >= 11 is 0. The maximum atomic E-state index is 12.8. The second kappa shape index (κ2) is 16.5. The van der Waals surface area contributed by atoms with E-state index in [1.54, 1.807) is 31.4 Å². The highest BCUT2D eigenvalue weighted by Crippen LogP contribution is 2.72. The average molecular weight is 677 g/mol. The summed E-state index contributed by atoms with van der Waals surface area (Å²) in [6.07, 6.45) is 2.77. The lowest BCUT2D eigenvalue weighted by Crippen LogP contribution is -2.65. The molecule has 3 aromatic rings. The fourth-order valence-electron chi connectivity index (χ4n) is 6.73. The third kappa shape index (κ3) is 9.93. The van der Waals surface area contributed by atoms with Gasteiger partial charge < -0.3 is 37.2 Å². The minimum absolute atomic E-state index is 0.0757. The Morgan fingerprint density at radius 2 is 1.14 bits per heavy atom. The van der Waals surface area contributed by atoms with Crippen LogP contribution >= 0.6 is 0 Å². The van der Waals surface area contributed by atoms with Crippen LogP contribution in [0.15, 0.2) is 72.8 Å². The predicted octanol–water partition coefficient (Wildman–Crippen LogP) is 8.98. The number of aryl methyl sites for hydroxylation is 1. The summed E-state index contributed by atoms with van der Waals surface area (Å²) in [4.78, 5) is 24.8. The van der Waals surface area contributed by atoms with Crippen molar-refractivity contribution in [2.45, 2.75) is 89.0 Å². The van der Waals surface area contributed by atoms with Gasteiger partial charge in [-0.2, -0.15) is 0 Å². The number of carbonyl (C=O) groups excluding carboxylic acids is 2. The number of para-hydroxylation sites is 1. The van der Waals surface area contributed by atoms with Gasteiger partial charge in [0.25, 0.3) is 0 Å². The van der Waals surface area contributed by atoms with Crippen molar-refractivity contribution in [3.05, 3.63) is 78.4 Å². The molecule has 0 amide bonds. The maximum absolute atomic E-state index is 12.8. The number of hydrogen-bond donors (Lipinski definition) is 4. The lowest BCUT2D eigenvalue weighted by molar-refractivity contribution is -0.218. The first-order valence-corrected chi connectivity index (χ1v) is 16.7. The zero-order chi connectivity index (χ0) is 38.1. The molecule has 1 aliphatic rings. The monoisotopic (exact) mass is 676 g/mol. The smallest absolute Gasteiger partial charge is 0.312 e. The molecule has 0 bridgehead atoms. The number of carbonyl (C=O) groups is 2. The van der Waals surface area contributed by atoms with Crippen LogP contribution in [-0.4, -0.2) is 26.5 Å². The van der Waals surface area contributed by atoms with E-state index in [-0.39, 0.29) is 33.0 Å². The highest BCUT2D eigenvalue weighted by atomic mass is 16.5. The number of anilines is 4. The van der Waals surface area contributed by atoms with Crippen LogP contribution in [0.5, 0.6) is 5.75 Å². The fourth-order valence-corrected chi connectivity index (χ4v) is 6.73. The number of aldehydes is 1.